The average molecular weight is 470 g/mol. The highest BCUT2D eigenvalue weighted by atomic mass is 127. The van der Waals surface area contributed by atoms with Gasteiger partial charge in [-0.15, -0.1) is 24.0 Å². The Morgan fingerprint density at radius 3 is 2.42 bits per heavy atom. The lowest BCUT2D eigenvalue weighted by atomic mass is 10.0. The number of halogens is 1. The lowest BCUT2D eigenvalue weighted by Crippen LogP contribution is -2.38. The molecule has 0 aliphatic carbocycles. The third-order valence-electron chi connectivity index (χ3n) is 4.36. The van der Waals surface area contributed by atoms with E-state index in [9.17, 15) is 0 Å². The molecule has 0 amide bonds. The van der Waals surface area contributed by atoms with Crippen LogP contribution in [0.4, 0.5) is 0 Å². The van der Waals surface area contributed by atoms with Crippen LogP contribution in [0.2, 0.25) is 0 Å². The van der Waals surface area contributed by atoms with Crippen molar-refractivity contribution in [1.82, 2.24) is 15.8 Å². The van der Waals surface area contributed by atoms with Crippen LogP contribution >= 0.6 is 24.0 Å². The third-order valence-corrected chi connectivity index (χ3v) is 4.36. The van der Waals surface area contributed by atoms with E-state index in [0.29, 0.717) is 5.92 Å². The maximum Gasteiger partial charge on any atom is 0.191 e. The fourth-order valence-corrected chi connectivity index (χ4v) is 2.74. The van der Waals surface area contributed by atoms with Gasteiger partial charge in [0.1, 0.15) is 5.76 Å². The van der Waals surface area contributed by atoms with Crippen molar-refractivity contribution < 1.29 is 4.52 Å². The molecule has 1 aromatic heterocycles. The quantitative estimate of drug-likeness (QED) is 0.363. The van der Waals surface area contributed by atoms with Crippen molar-refractivity contribution >= 4 is 29.9 Å². The Morgan fingerprint density at radius 1 is 1.15 bits per heavy atom. The van der Waals surface area contributed by atoms with E-state index in [0.717, 1.165) is 43.5 Å². The molecule has 1 heterocycles. The van der Waals surface area contributed by atoms with Crippen molar-refractivity contribution in [3.05, 3.63) is 52.4 Å². The molecule has 1 unspecified atom stereocenters. The molecule has 0 bridgehead atoms. The van der Waals surface area contributed by atoms with Crippen LogP contribution in [0.1, 0.15) is 47.9 Å². The second kappa shape index (κ2) is 11.2. The Balaban J connectivity index is 0.00000338. The molecular formula is C20H31IN4O. The summed E-state index contributed by atoms with van der Waals surface area (Å²) in [6.07, 6.45) is 0.874. The minimum absolute atomic E-state index is 0. The van der Waals surface area contributed by atoms with Crippen molar-refractivity contribution in [3.63, 3.8) is 0 Å². The van der Waals surface area contributed by atoms with Crippen LogP contribution in [0.5, 0.6) is 0 Å². The van der Waals surface area contributed by atoms with Gasteiger partial charge in [0.2, 0.25) is 0 Å². The highest BCUT2D eigenvalue weighted by Crippen LogP contribution is 2.16. The van der Waals surface area contributed by atoms with Gasteiger partial charge in [0.05, 0.1) is 5.69 Å². The van der Waals surface area contributed by atoms with Gasteiger partial charge in [-0.3, -0.25) is 4.99 Å². The molecule has 1 aromatic carbocycles. The van der Waals surface area contributed by atoms with Crippen LogP contribution in [0.15, 0.2) is 33.8 Å². The maximum absolute atomic E-state index is 5.21. The first-order valence-corrected chi connectivity index (χ1v) is 9.01. The Kier molecular flexibility index (Phi) is 9.69. The number of benzene rings is 1. The Bertz CT molecular complexity index is 675. The minimum atomic E-state index is 0. The number of aromatic nitrogens is 1. The molecule has 5 nitrogen and oxygen atoms in total. The molecule has 2 N–H and O–H groups in total. The monoisotopic (exact) mass is 470 g/mol. The second-order valence-corrected chi connectivity index (χ2v) is 6.51. The van der Waals surface area contributed by atoms with Gasteiger partial charge in [-0.25, -0.2) is 0 Å². The normalized spacial score (nSPS) is 12.4. The number of nitrogens with one attached hydrogen (secondary N) is 2. The lowest BCUT2D eigenvalue weighted by molar-refractivity contribution is 0.392. The highest BCUT2D eigenvalue weighted by Gasteiger charge is 2.09. The van der Waals surface area contributed by atoms with E-state index in [1.54, 1.807) is 0 Å². The smallest absolute Gasteiger partial charge is 0.191 e. The van der Waals surface area contributed by atoms with Crippen molar-refractivity contribution in [1.29, 1.82) is 0 Å². The predicted molar refractivity (Wildman–Crippen MR) is 119 cm³/mol. The number of guanidine groups is 1. The van der Waals surface area contributed by atoms with Crippen molar-refractivity contribution in [2.75, 3.05) is 19.6 Å². The minimum Gasteiger partial charge on any atom is -0.361 e. The number of hydrogen-bond donors (Lipinski definition) is 2. The zero-order valence-electron chi connectivity index (χ0n) is 16.4. The standard InChI is InChI=1S/C20H30N4O.HI/c1-6-21-20(22-12-11-19-16(4)24-25-17(19)5)23-13-15(3)18-9-7-14(2)8-10-18;/h7-10,15H,6,11-13H2,1-5H3,(H2,21,22,23);1H. The summed E-state index contributed by atoms with van der Waals surface area (Å²) in [6.45, 7) is 12.7. The molecule has 2 aromatic rings. The lowest BCUT2D eigenvalue weighted by Gasteiger charge is -2.14. The van der Waals surface area contributed by atoms with Gasteiger partial charge in [-0.05, 0) is 39.7 Å². The van der Waals surface area contributed by atoms with Gasteiger partial charge in [0.15, 0.2) is 5.96 Å². The maximum atomic E-state index is 5.21. The van der Waals surface area contributed by atoms with Crippen LogP contribution < -0.4 is 10.6 Å². The molecule has 0 spiro atoms. The van der Waals surface area contributed by atoms with Gasteiger partial charge >= 0.3 is 0 Å². The van der Waals surface area contributed by atoms with E-state index in [2.05, 4.69) is 60.8 Å². The van der Waals surface area contributed by atoms with Gasteiger partial charge in [-0.2, -0.15) is 0 Å². The third kappa shape index (κ3) is 6.63. The second-order valence-electron chi connectivity index (χ2n) is 6.51. The first-order chi connectivity index (χ1) is 12.0. The zero-order valence-corrected chi connectivity index (χ0v) is 18.8. The number of hydrogen-bond acceptors (Lipinski definition) is 3. The molecule has 0 fully saturated rings. The van der Waals surface area contributed by atoms with E-state index in [1.165, 1.54) is 16.7 Å². The number of aryl methyl sites for hydroxylation is 3. The SMILES string of the molecule is CCNC(=NCC(C)c1ccc(C)cc1)NCCc1c(C)noc1C.I. The summed E-state index contributed by atoms with van der Waals surface area (Å²) in [5.41, 5.74) is 4.75. The summed E-state index contributed by atoms with van der Waals surface area (Å²) in [7, 11) is 0. The van der Waals surface area contributed by atoms with Crippen LogP contribution in [-0.2, 0) is 6.42 Å². The van der Waals surface area contributed by atoms with Crippen molar-refractivity contribution in [3.8, 4) is 0 Å². The van der Waals surface area contributed by atoms with Crippen molar-refractivity contribution in [2.45, 2.75) is 47.0 Å². The van der Waals surface area contributed by atoms with Crippen LogP contribution in [-0.4, -0.2) is 30.8 Å². The van der Waals surface area contributed by atoms with Gasteiger partial charge in [-0.1, -0.05) is 41.9 Å². The fourth-order valence-electron chi connectivity index (χ4n) is 2.74. The zero-order chi connectivity index (χ0) is 18.2. The molecular weight excluding hydrogens is 439 g/mol. The highest BCUT2D eigenvalue weighted by molar-refractivity contribution is 14.0. The molecule has 26 heavy (non-hydrogen) atoms. The molecule has 0 radical (unpaired) electrons. The molecule has 6 heteroatoms. The van der Waals surface area contributed by atoms with Crippen molar-refractivity contribution in [2.24, 2.45) is 4.99 Å². The first kappa shape index (κ1) is 22.5. The number of nitrogens with zero attached hydrogens (tertiary/aromatic N) is 2. The van der Waals surface area contributed by atoms with E-state index < -0.39 is 0 Å². The summed E-state index contributed by atoms with van der Waals surface area (Å²) in [6, 6.07) is 8.69. The van der Waals surface area contributed by atoms with Gasteiger partial charge in [0.25, 0.3) is 0 Å². The molecule has 2 rings (SSSR count). The van der Waals surface area contributed by atoms with Gasteiger partial charge < -0.3 is 15.2 Å². The summed E-state index contributed by atoms with van der Waals surface area (Å²) in [5, 5.41) is 10.7. The largest absolute Gasteiger partial charge is 0.361 e. The predicted octanol–water partition coefficient (Wildman–Crippen LogP) is 4.12. The Morgan fingerprint density at radius 2 is 1.85 bits per heavy atom. The average Bonchev–Trinajstić information content (AvgIpc) is 2.92. The van der Waals surface area contributed by atoms with E-state index in [4.69, 9.17) is 9.52 Å². The van der Waals surface area contributed by atoms with Crippen LogP contribution in [0.25, 0.3) is 0 Å². The number of aliphatic imine (C=N–C) groups is 1. The van der Waals surface area contributed by atoms with Crippen LogP contribution in [0, 0.1) is 20.8 Å². The van der Waals surface area contributed by atoms with E-state index in [-0.39, 0.29) is 24.0 Å². The Labute approximate surface area is 174 Å². The summed E-state index contributed by atoms with van der Waals surface area (Å²) < 4.78 is 5.21. The molecule has 0 aliphatic heterocycles. The summed E-state index contributed by atoms with van der Waals surface area (Å²) >= 11 is 0. The molecule has 0 saturated carbocycles. The van der Waals surface area contributed by atoms with E-state index >= 15 is 0 Å². The van der Waals surface area contributed by atoms with Crippen LogP contribution in [0.3, 0.4) is 0 Å². The van der Waals surface area contributed by atoms with E-state index in [1.807, 2.05) is 13.8 Å². The summed E-state index contributed by atoms with van der Waals surface area (Å²) in [4.78, 5) is 4.73. The topological polar surface area (TPSA) is 62.5 Å². The molecule has 0 saturated heterocycles. The fraction of sp³-hybridized carbons (Fsp3) is 0.500. The molecule has 0 aliphatic rings. The van der Waals surface area contributed by atoms with Gasteiger partial charge in [0, 0.05) is 31.1 Å². The first-order valence-electron chi connectivity index (χ1n) is 9.01. The number of rotatable bonds is 7. The summed E-state index contributed by atoms with van der Waals surface area (Å²) in [5.74, 6) is 2.14. The molecule has 144 valence electrons. The molecule has 1 atom stereocenters. The Hall–Kier alpha value is -1.57.